The van der Waals surface area contributed by atoms with Gasteiger partial charge in [0.25, 0.3) is 0 Å². The first-order valence-electron chi connectivity index (χ1n) is 10.2. The van der Waals surface area contributed by atoms with Crippen molar-refractivity contribution >= 4 is 29.3 Å². The second kappa shape index (κ2) is 9.11. The molecule has 31 heavy (non-hydrogen) atoms. The van der Waals surface area contributed by atoms with E-state index in [2.05, 4.69) is 37.4 Å². The molecule has 1 fully saturated rings. The third-order valence-electron chi connectivity index (χ3n) is 5.14. The zero-order valence-electron chi connectivity index (χ0n) is 16.8. The zero-order chi connectivity index (χ0) is 21.0. The Bertz CT molecular complexity index is 1160. The molecule has 0 unspecified atom stereocenters. The first-order valence-corrected chi connectivity index (χ1v) is 11.6. The molecule has 1 aliphatic heterocycles. The van der Waals surface area contributed by atoms with Gasteiger partial charge in [-0.25, -0.2) is 0 Å². The van der Waals surface area contributed by atoms with Crippen LogP contribution in [0.25, 0.3) is 5.69 Å². The van der Waals surface area contributed by atoms with Crippen molar-refractivity contribution in [3.63, 3.8) is 0 Å². The smallest absolute Gasteiger partial charge is 0.237 e. The average molecular weight is 453 g/mol. The van der Waals surface area contributed by atoms with Crippen molar-refractivity contribution in [3.05, 3.63) is 76.9 Å². The van der Waals surface area contributed by atoms with E-state index in [1.807, 2.05) is 47.0 Å². The lowest BCUT2D eigenvalue weighted by Crippen LogP contribution is -2.22. The van der Waals surface area contributed by atoms with Gasteiger partial charge in [-0.15, -0.1) is 10.2 Å². The Morgan fingerprint density at radius 1 is 0.968 bits per heavy atom. The van der Waals surface area contributed by atoms with E-state index in [4.69, 9.17) is 16.1 Å². The van der Waals surface area contributed by atoms with Crippen molar-refractivity contribution in [2.75, 3.05) is 18.0 Å². The molecule has 0 atom stereocenters. The Morgan fingerprint density at radius 2 is 1.74 bits per heavy atom. The average Bonchev–Trinajstić information content (AvgIpc) is 3.54. The molecule has 0 bridgehead atoms. The van der Waals surface area contributed by atoms with E-state index >= 15 is 0 Å². The van der Waals surface area contributed by atoms with Gasteiger partial charge in [-0.2, -0.15) is 4.98 Å². The van der Waals surface area contributed by atoms with Gasteiger partial charge in [0.1, 0.15) is 0 Å². The summed E-state index contributed by atoms with van der Waals surface area (Å²) in [6.07, 6.45) is 2.96. The van der Waals surface area contributed by atoms with E-state index in [9.17, 15) is 0 Å². The molecule has 0 spiro atoms. The number of aromatic nitrogens is 5. The van der Waals surface area contributed by atoms with Crippen LogP contribution in [0.3, 0.4) is 0 Å². The molecule has 2 aromatic carbocycles. The number of para-hydroxylation sites is 1. The Labute approximate surface area is 189 Å². The highest BCUT2D eigenvalue weighted by molar-refractivity contribution is 7.98. The lowest BCUT2D eigenvalue weighted by molar-refractivity contribution is 0.385. The van der Waals surface area contributed by atoms with E-state index < -0.39 is 0 Å². The molecule has 7 nitrogen and oxygen atoms in total. The molecule has 3 heterocycles. The normalized spacial score (nSPS) is 13.8. The molecule has 158 valence electrons. The Kier molecular flexibility index (Phi) is 5.90. The number of hydrogen-bond donors (Lipinski definition) is 0. The Hall–Kier alpha value is -2.84. The summed E-state index contributed by atoms with van der Waals surface area (Å²) in [6, 6.07) is 17.9. The number of benzene rings is 2. The van der Waals surface area contributed by atoms with Crippen LogP contribution in [0.5, 0.6) is 0 Å². The lowest BCUT2D eigenvalue weighted by atomic mass is 10.1. The molecule has 0 radical (unpaired) electrons. The number of hydrogen-bond acceptors (Lipinski definition) is 7. The maximum Gasteiger partial charge on any atom is 0.237 e. The van der Waals surface area contributed by atoms with Crippen molar-refractivity contribution in [3.8, 4) is 5.69 Å². The quantitative estimate of drug-likeness (QED) is 0.373. The van der Waals surface area contributed by atoms with E-state index in [-0.39, 0.29) is 0 Å². The standard InChI is InChI=1S/C22H21ClN6OS/c23-17-10-4-5-11-18(17)29-21(28-12-6-7-13-28)25-26-22(29)31-15-20-24-19(27-30-20)14-16-8-2-1-3-9-16/h1-5,8-11H,6-7,12-15H2. The monoisotopic (exact) mass is 452 g/mol. The second-order valence-electron chi connectivity index (χ2n) is 7.32. The SMILES string of the molecule is Clc1ccccc1-n1c(SCc2nc(Cc3ccccc3)no2)nnc1N1CCCC1. The summed E-state index contributed by atoms with van der Waals surface area (Å²) in [5.41, 5.74) is 2.02. The summed E-state index contributed by atoms with van der Waals surface area (Å²) in [5, 5.41) is 14.5. The first kappa shape index (κ1) is 20.1. The third-order valence-corrected chi connectivity index (χ3v) is 6.37. The van der Waals surface area contributed by atoms with Crippen molar-refractivity contribution in [2.45, 2.75) is 30.2 Å². The minimum absolute atomic E-state index is 0.504. The Morgan fingerprint density at radius 3 is 2.55 bits per heavy atom. The number of rotatable bonds is 7. The van der Waals surface area contributed by atoms with Gasteiger partial charge in [-0.05, 0) is 30.5 Å². The fraction of sp³-hybridized carbons (Fsp3) is 0.273. The van der Waals surface area contributed by atoms with Crippen LogP contribution in [0.15, 0.2) is 64.3 Å². The van der Waals surface area contributed by atoms with Crippen LogP contribution in [0.2, 0.25) is 5.02 Å². The van der Waals surface area contributed by atoms with Crippen molar-refractivity contribution in [2.24, 2.45) is 0 Å². The van der Waals surface area contributed by atoms with Gasteiger partial charge in [-0.1, -0.05) is 71.0 Å². The van der Waals surface area contributed by atoms with Gasteiger partial charge >= 0.3 is 0 Å². The molecule has 0 amide bonds. The molecular weight excluding hydrogens is 432 g/mol. The number of anilines is 1. The molecule has 9 heteroatoms. The molecule has 1 saturated heterocycles. The maximum atomic E-state index is 6.52. The fourth-order valence-corrected chi connectivity index (χ4v) is 4.64. The summed E-state index contributed by atoms with van der Waals surface area (Å²) in [5.74, 6) is 2.56. The Balaban J connectivity index is 1.37. The molecule has 0 N–H and O–H groups in total. The summed E-state index contributed by atoms with van der Waals surface area (Å²) in [4.78, 5) is 6.79. The molecule has 2 aromatic heterocycles. The van der Waals surface area contributed by atoms with Crippen molar-refractivity contribution in [1.29, 1.82) is 0 Å². The highest BCUT2D eigenvalue weighted by Gasteiger charge is 2.24. The van der Waals surface area contributed by atoms with Crippen LogP contribution in [0, 0.1) is 0 Å². The van der Waals surface area contributed by atoms with Gasteiger partial charge in [0.05, 0.1) is 16.5 Å². The van der Waals surface area contributed by atoms with Crippen LogP contribution in [0.1, 0.15) is 30.1 Å². The molecule has 4 aromatic rings. The van der Waals surface area contributed by atoms with E-state index in [0.29, 0.717) is 28.9 Å². The fourth-order valence-electron chi connectivity index (χ4n) is 3.65. The van der Waals surface area contributed by atoms with E-state index in [1.165, 1.54) is 11.8 Å². The molecule has 5 rings (SSSR count). The van der Waals surface area contributed by atoms with Crippen molar-refractivity contribution < 1.29 is 4.52 Å². The van der Waals surface area contributed by atoms with Gasteiger partial charge < -0.3 is 9.42 Å². The van der Waals surface area contributed by atoms with Crippen LogP contribution in [-0.2, 0) is 12.2 Å². The highest BCUT2D eigenvalue weighted by Crippen LogP contribution is 2.32. The zero-order valence-corrected chi connectivity index (χ0v) is 18.4. The summed E-state index contributed by atoms with van der Waals surface area (Å²) in [6.45, 7) is 1.94. The maximum absolute atomic E-state index is 6.52. The minimum atomic E-state index is 0.504. The summed E-state index contributed by atoms with van der Waals surface area (Å²) < 4.78 is 7.49. The van der Waals surface area contributed by atoms with E-state index in [0.717, 1.165) is 48.3 Å². The molecule has 0 aliphatic carbocycles. The molecule has 1 aliphatic rings. The largest absolute Gasteiger partial charge is 0.341 e. The molecular formula is C22H21ClN6OS. The van der Waals surface area contributed by atoms with Gasteiger partial charge in [0, 0.05) is 19.5 Å². The highest BCUT2D eigenvalue weighted by atomic mass is 35.5. The first-order chi connectivity index (χ1) is 15.3. The number of nitrogens with zero attached hydrogens (tertiary/aromatic N) is 6. The second-order valence-corrected chi connectivity index (χ2v) is 8.67. The topological polar surface area (TPSA) is 72.9 Å². The summed E-state index contributed by atoms with van der Waals surface area (Å²) in [7, 11) is 0. The number of halogens is 1. The predicted octanol–water partition coefficient (Wildman–Crippen LogP) is 4.79. The van der Waals surface area contributed by atoms with Crippen LogP contribution in [-0.4, -0.2) is 38.0 Å². The van der Waals surface area contributed by atoms with Gasteiger partial charge in [0.2, 0.25) is 11.8 Å². The predicted molar refractivity (Wildman–Crippen MR) is 121 cm³/mol. The van der Waals surface area contributed by atoms with Crippen LogP contribution in [0.4, 0.5) is 5.95 Å². The third kappa shape index (κ3) is 4.45. The lowest BCUT2D eigenvalue weighted by Gasteiger charge is -2.18. The molecule has 0 saturated carbocycles. The number of thioether (sulfide) groups is 1. The van der Waals surface area contributed by atoms with E-state index in [1.54, 1.807) is 0 Å². The van der Waals surface area contributed by atoms with Gasteiger partial charge in [-0.3, -0.25) is 4.57 Å². The van der Waals surface area contributed by atoms with Crippen LogP contribution >= 0.6 is 23.4 Å². The minimum Gasteiger partial charge on any atom is -0.341 e. The van der Waals surface area contributed by atoms with Crippen molar-refractivity contribution in [1.82, 2.24) is 24.9 Å². The summed E-state index contributed by atoms with van der Waals surface area (Å²) >= 11 is 8.03. The van der Waals surface area contributed by atoms with Crippen LogP contribution < -0.4 is 4.90 Å². The van der Waals surface area contributed by atoms with Gasteiger partial charge in [0.15, 0.2) is 11.0 Å².